The van der Waals surface area contributed by atoms with Gasteiger partial charge in [-0.25, -0.2) is 4.68 Å². The van der Waals surface area contributed by atoms with E-state index in [1.807, 2.05) is 43.3 Å². The normalized spacial score (nSPS) is 19.4. The smallest absolute Gasteiger partial charge is 0.177 e. The summed E-state index contributed by atoms with van der Waals surface area (Å²) in [6.45, 7) is 7.70. The van der Waals surface area contributed by atoms with Gasteiger partial charge < -0.3 is 19.5 Å². The third-order valence-corrected chi connectivity index (χ3v) is 5.59. The lowest BCUT2D eigenvalue weighted by Gasteiger charge is -2.29. The molecule has 7 nitrogen and oxygen atoms in total. The number of aromatic nitrogens is 3. The van der Waals surface area contributed by atoms with E-state index in [9.17, 15) is 5.11 Å². The van der Waals surface area contributed by atoms with E-state index in [1.165, 1.54) is 12.8 Å². The predicted molar refractivity (Wildman–Crippen MR) is 102 cm³/mol. The molecule has 1 aliphatic heterocycles. The minimum absolute atomic E-state index is 0.267. The lowest BCUT2D eigenvalue weighted by atomic mass is 9.96. The van der Waals surface area contributed by atoms with Crippen molar-refractivity contribution in [2.45, 2.75) is 52.0 Å². The molecule has 2 aromatic rings. The number of anilines is 2. The SMILES string of the molecule is Cc1ccc(C(C)(C)O)cc1N(C)c1cn(CC2OCC3(CC3)CO2)nn1. The van der Waals surface area contributed by atoms with Crippen LogP contribution in [0.5, 0.6) is 0 Å². The Morgan fingerprint density at radius 1 is 1.30 bits per heavy atom. The van der Waals surface area contributed by atoms with Crippen LogP contribution in [0.2, 0.25) is 0 Å². The van der Waals surface area contributed by atoms with Crippen molar-refractivity contribution >= 4 is 11.5 Å². The monoisotopic (exact) mass is 372 g/mol. The largest absolute Gasteiger partial charge is 0.386 e. The van der Waals surface area contributed by atoms with E-state index in [1.54, 1.807) is 18.5 Å². The lowest BCUT2D eigenvalue weighted by Crippen LogP contribution is -2.36. The summed E-state index contributed by atoms with van der Waals surface area (Å²) in [6.07, 6.45) is 4.04. The average molecular weight is 372 g/mol. The van der Waals surface area contributed by atoms with Gasteiger partial charge in [0, 0.05) is 18.2 Å². The molecule has 1 aromatic heterocycles. The second kappa shape index (κ2) is 6.58. The number of nitrogens with zero attached hydrogens (tertiary/aromatic N) is 4. The van der Waals surface area contributed by atoms with Gasteiger partial charge in [0.1, 0.15) is 0 Å². The van der Waals surface area contributed by atoms with Crippen LogP contribution in [0.4, 0.5) is 11.5 Å². The van der Waals surface area contributed by atoms with Gasteiger partial charge in [0.15, 0.2) is 12.1 Å². The highest BCUT2D eigenvalue weighted by Gasteiger charge is 2.46. The minimum atomic E-state index is -0.893. The van der Waals surface area contributed by atoms with Gasteiger partial charge in [-0.05, 0) is 50.8 Å². The quantitative estimate of drug-likeness (QED) is 0.870. The highest BCUT2D eigenvalue weighted by Crippen LogP contribution is 2.48. The topological polar surface area (TPSA) is 72.6 Å². The molecule has 0 radical (unpaired) electrons. The summed E-state index contributed by atoms with van der Waals surface area (Å²) in [7, 11) is 1.95. The molecule has 0 atom stereocenters. The maximum Gasteiger partial charge on any atom is 0.177 e. The fourth-order valence-corrected chi connectivity index (χ4v) is 3.36. The zero-order valence-corrected chi connectivity index (χ0v) is 16.5. The predicted octanol–water partition coefficient (Wildman–Crippen LogP) is 2.73. The van der Waals surface area contributed by atoms with E-state index in [4.69, 9.17) is 9.47 Å². The molecule has 0 unspecified atom stereocenters. The van der Waals surface area contributed by atoms with E-state index in [0.717, 1.165) is 35.8 Å². The van der Waals surface area contributed by atoms with Crippen LogP contribution in [0.25, 0.3) is 0 Å². The second-order valence-electron chi connectivity index (χ2n) is 8.47. The fraction of sp³-hybridized carbons (Fsp3) is 0.600. The molecule has 2 fully saturated rings. The maximum atomic E-state index is 10.3. The van der Waals surface area contributed by atoms with Crippen molar-refractivity contribution in [3.8, 4) is 0 Å². The maximum absolute atomic E-state index is 10.3. The number of hydrogen-bond acceptors (Lipinski definition) is 6. The molecule has 0 amide bonds. The Morgan fingerprint density at radius 2 is 2.00 bits per heavy atom. The van der Waals surface area contributed by atoms with Crippen molar-refractivity contribution in [1.82, 2.24) is 15.0 Å². The van der Waals surface area contributed by atoms with E-state index >= 15 is 0 Å². The Bertz CT molecular complexity index is 813. The van der Waals surface area contributed by atoms with Gasteiger partial charge in [0.05, 0.1) is 31.6 Å². The second-order valence-corrected chi connectivity index (χ2v) is 8.47. The number of rotatable bonds is 5. The number of hydrogen-bond donors (Lipinski definition) is 1. The molecule has 7 heteroatoms. The summed E-state index contributed by atoms with van der Waals surface area (Å²) in [5, 5.41) is 18.8. The molecule has 4 rings (SSSR count). The number of benzene rings is 1. The third-order valence-electron chi connectivity index (χ3n) is 5.59. The molecule has 2 heterocycles. The van der Waals surface area contributed by atoms with Crippen LogP contribution in [0.1, 0.15) is 37.8 Å². The molecular weight excluding hydrogens is 344 g/mol. The first-order valence-corrected chi connectivity index (χ1v) is 9.46. The molecule has 1 N–H and O–H groups in total. The first-order chi connectivity index (χ1) is 12.8. The van der Waals surface area contributed by atoms with Gasteiger partial charge >= 0.3 is 0 Å². The number of ether oxygens (including phenoxy) is 2. The summed E-state index contributed by atoms with van der Waals surface area (Å²) in [5.41, 5.74) is 2.36. The molecular formula is C20H28N4O3. The summed E-state index contributed by atoms with van der Waals surface area (Å²) in [4.78, 5) is 1.98. The van der Waals surface area contributed by atoms with Gasteiger partial charge in [-0.2, -0.15) is 0 Å². The molecule has 2 aliphatic rings. The molecule has 1 spiro atoms. The Kier molecular flexibility index (Phi) is 4.49. The van der Waals surface area contributed by atoms with Crippen LogP contribution in [0, 0.1) is 12.3 Å². The van der Waals surface area contributed by atoms with Gasteiger partial charge in [-0.15, -0.1) is 5.10 Å². The van der Waals surface area contributed by atoms with Crippen molar-refractivity contribution in [2.75, 3.05) is 25.2 Å². The van der Waals surface area contributed by atoms with Crippen molar-refractivity contribution in [3.05, 3.63) is 35.5 Å². The standard InChI is InChI=1S/C20H28N4O3/c1-14-5-6-15(19(2,3)25)9-16(14)23(4)17-10-24(22-21-17)11-18-26-12-20(7-8-20)13-27-18/h5-6,9-10,18,25H,7-8,11-13H2,1-4H3. The van der Waals surface area contributed by atoms with E-state index in [2.05, 4.69) is 10.3 Å². The van der Waals surface area contributed by atoms with E-state index in [0.29, 0.717) is 12.0 Å². The molecule has 27 heavy (non-hydrogen) atoms. The third kappa shape index (κ3) is 3.85. The van der Waals surface area contributed by atoms with Crippen LogP contribution in [-0.4, -0.2) is 46.7 Å². The zero-order valence-electron chi connectivity index (χ0n) is 16.5. The highest BCUT2D eigenvalue weighted by molar-refractivity contribution is 5.63. The first-order valence-electron chi connectivity index (χ1n) is 9.46. The Morgan fingerprint density at radius 3 is 2.63 bits per heavy atom. The Labute approximate surface area is 159 Å². The van der Waals surface area contributed by atoms with Gasteiger partial charge in [0.25, 0.3) is 0 Å². The Hall–Kier alpha value is -1.96. The molecule has 1 aliphatic carbocycles. The molecule has 1 aromatic carbocycles. The number of aryl methyl sites for hydroxylation is 1. The van der Waals surface area contributed by atoms with Crippen molar-refractivity contribution in [3.63, 3.8) is 0 Å². The number of aliphatic hydroxyl groups is 1. The molecule has 146 valence electrons. The van der Waals surface area contributed by atoms with Crippen LogP contribution in [0.3, 0.4) is 0 Å². The molecule has 1 saturated heterocycles. The zero-order chi connectivity index (χ0) is 19.2. The van der Waals surface area contributed by atoms with Crippen LogP contribution in [-0.2, 0) is 21.6 Å². The molecule has 1 saturated carbocycles. The summed E-state index contributed by atoms with van der Waals surface area (Å²) in [6, 6.07) is 5.96. The van der Waals surface area contributed by atoms with Crippen molar-refractivity contribution in [1.29, 1.82) is 0 Å². The van der Waals surface area contributed by atoms with Gasteiger partial charge in [-0.3, -0.25) is 0 Å². The van der Waals surface area contributed by atoms with Crippen molar-refractivity contribution < 1.29 is 14.6 Å². The lowest BCUT2D eigenvalue weighted by molar-refractivity contribution is -0.213. The van der Waals surface area contributed by atoms with E-state index < -0.39 is 5.60 Å². The average Bonchev–Trinajstić information content (AvgIpc) is 3.21. The van der Waals surface area contributed by atoms with Crippen LogP contribution < -0.4 is 4.90 Å². The van der Waals surface area contributed by atoms with Gasteiger partial charge in [-0.1, -0.05) is 17.3 Å². The summed E-state index contributed by atoms with van der Waals surface area (Å²) < 4.78 is 13.4. The van der Waals surface area contributed by atoms with Crippen LogP contribution in [0.15, 0.2) is 24.4 Å². The van der Waals surface area contributed by atoms with E-state index in [-0.39, 0.29) is 6.29 Å². The highest BCUT2D eigenvalue weighted by atomic mass is 16.7. The summed E-state index contributed by atoms with van der Waals surface area (Å²) >= 11 is 0. The van der Waals surface area contributed by atoms with Crippen LogP contribution >= 0.6 is 0 Å². The summed E-state index contributed by atoms with van der Waals surface area (Å²) in [5.74, 6) is 0.737. The minimum Gasteiger partial charge on any atom is -0.386 e. The van der Waals surface area contributed by atoms with Crippen molar-refractivity contribution in [2.24, 2.45) is 5.41 Å². The fourth-order valence-electron chi connectivity index (χ4n) is 3.36. The van der Waals surface area contributed by atoms with Gasteiger partial charge in [0.2, 0.25) is 0 Å². The Balaban J connectivity index is 1.46. The molecule has 0 bridgehead atoms. The first kappa shape index (κ1) is 18.4.